The van der Waals surface area contributed by atoms with Crippen LogP contribution in [0.2, 0.25) is 0 Å². The molecule has 20 heavy (non-hydrogen) atoms. The smallest absolute Gasteiger partial charge is 0.550 e. The molecule has 0 bridgehead atoms. The first-order valence-corrected chi connectivity index (χ1v) is 4.65. The predicted octanol–water partition coefficient (Wildman–Crippen LogP) is -7.14. The van der Waals surface area contributed by atoms with Gasteiger partial charge in [0, 0.05) is 24.8 Å². The number of carbonyl (C=O) groups excluding carboxylic acids is 4. The van der Waals surface area contributed by atoms with E-state index in [-0.39, 0.29) is 26.2 Å². The van der Waals surface area contributed by atoms with Crippen LogP contribution in [0.5, 0.6) is 0 Å². The SMILES string of the molecule is CC(O)C(=O)[O-].O=C([O-])CC(O)(CC(=O)[O-])C(=O)[O-].[Zr+2]. The quantitative estimate of drug-likeness (QED) is 0.453. The Morgan fingerprint density at radius 2 is 1.25 bits per heavy atom. The molecule has 0 saturated heterocycles. The number of aliphatic hydroxyl groups is 2. The molecule has 10 nitrogen and oxygen atoms in total. The van der Waals surface area contributed by atoms with Crippen molar-refractivity contribution in [2.24, 2.45) is 0 Å². The summed E-state index contributed by atoms with van der Waals surface area (Å²) >= 11 is 0. The summed E-state index contributed by atoms with van der Waals surface area (Å²) in [6.45, 7) is 1.13. The average molecular weight is 369 g/mol. The van der Waals surface area contributed by atoms with Crippen LogP contribution in [-0.2, 0) is 45.4 Å². The van der Waals surface area contributed by atoms with Crippen LogP contribution >= 0.6 is 0 Å². The molecule has 0 aromatic rings. The summed E-state index contributed by atoms with van der Waals surface area (Å²) in [5, 5.41) is 56.2. The number of carboxylic acids is 4. The Bertz CT molecular complexity index is 348. The van der Waals surface area contributed by atoms with Crippen molar-refractivity contribution >= 4 is 23.9 Å². The van der Waals surface area contributed by atoms with Crippen molar-refractivity contribution in [2.45, 2.75) is 31.5 Å². The summed E-state index contributed by atoms with van der Waals surface area (Å²) in [5.74, 6) is -7.42. The van der Waals surface area contributed by atoms with Crippen LogP contribution in [0.15, 0.2) is 0 Å². The van der Waals surface area contributed by atoms with Gasteiger partial charge in [-0.25, -0.2) is 0 Å². The Kier molecular flexibility index (Phi) is 12.4. The van der Waals surface area contributed by atoms with Gasteiger partial charge in [0.1, 0.15) is 5.60 Å². The fraction of sp³-hybridized carbons (Fsp3) is 0.556. The number of carbonyl (C=O) groups is 4. The maximum absolute atomic E-state index is 10.1. The average Bonchev–Trinajstić information content (AvgIpc) is 2.14. The van der Waals surface area contributed by atoms with Crippen molar-refractivity contribution in [3.63, 3.8) is 0 Å². The zero-order valence-corrected chi connectivity index (χ0v) is 12.6. The normalized spacial score (nSPS) is 11.2. The minimum absolute atomic E-state index is 0. The van der Waals surface area contributed by atoms with Gasteiger partial charge in [-0.05, 0) is 6.92 Å². The van der Waals surface area contributed by atoms with Crippen molar-refractivity contribution in [1.82, 2.24) is 0 Å². The first-order chi connectivity index (χ1) is 8.42. The van der Waals surface area contributed by atoms with Gasteiger partial charge in [0.15, 0.2) is 0 Å². The van der Waals surface area contributed by atoms with E-state index in [1.54, 1.807) is 0 Å². The molecule has 0 aliphatic heterocycles. The summed E-state index contributed by atoms with van der Waals surface area (Å²) in [6.07, 6.45) is -4.06. The van der Waals surface area contributed by atoms with E-state index < -0.39 is 48.4 Å². The number of aliphatic hydroxyl groups excluding tert-OH is 1. The molecule has 0 heterocycles. The molecule has 1 unspecified atom stereocenters. The largest absolute Gasteiger partial charge is 2.00 e. The van der Waals surface area contributed by atoms with Crippen LogP contribution in [0.1, 0.15) is 19.8 Å². The van der Waals surface area contributed by atoms with Crippen LogP contribution in [0, 0.1) is 0 Å². The van der Waals surface area contributed by atoms with E-state index in [2.05, 4.69) is 0 Å². The Labute approximate surface area is 131 Å². The molecule has 0 amide bonds. The summed E-state index contributed by atoms with van der Waals surface area (Å²) in [6, 6.07) is 0. The van der Waals surface area contributed by atoms with Crippen molar-refractivity contribution in [3.8, 4) is 0 Å². The molecule has 1 atom stereocenters. The fourth-order valence-electron chi connectivity index (χ4n) is 0.684. The molecular weight excluding hydrogens is 359 g/mol. The van der Waals surface area contributed by atoms with Crippen LogP contribution in [0.4, 0.5) is 0 Å². The van der Waals surface area contributed by atoms with E-state index in [4.69, 9.17) is 10.2 Å². The van der Waals surface area contributed by atoms with Gasteiger partial charge in [-0.3, -0.25) is 0 Å². The van der Waals surface area contributed by atoms with Gasteiger partial charge < -0.3 is 49.8 Å². The summed E-state index contributed by atoms with van der Waals surface area (Å²) in [5.41, 5.74) is -2.97. The van der Waals surface area contributed by atoms with E-state index in [9.17, 15) is 39.6 Å². The van der Waals surface area contributed by atoms with Crippen molar-refractivity contribution < 1.29 is 76.0 Å². The Morgan fingerprint density at radius 1 is 1.00 bits per heavy atom. The van der Waals surface area contributed by atoms with Gasteiger partial charge in [-0.1, -0.05) is 0 Å². The van der Waals surface area contributed by atoms with E-state index in [1.807, 2.05) is 0 Å². The fourth-order valence-corrected chi connectivity index (χ4v) is 0.684. The topological polar surface area (TPSA) is 201 Å². The molecule has 0 aliphatic rings. The molecule has 0 fully saturated rings. The standard InChI is InChI=1S/C6H8O7.C3H6O3.Zr/c7-3(8)1-6(13,5(11)12)2-4(9)10;1-2(4)3(5)6;/h13H,1-2H2,(H,7,8)(H,9,10)(H,11,12);2,4H,1H3,(H,5,6);/q;;+2/p-4. The number of carboxylic acid groups (broad SMARTS) is 4. The molecule has 0 aromatic heterocycles. The summed E-state index contributed by atoms with van der Waals surface area (Å²) in [4.78, 5) is 39.3. The van der Waals surface area contributed by atoms with Crippen LogP contribution in [0.3, 0.4) is 0 Å². The third kappa shape index (κ3) is 11.8. The first-order valence-electron chi connectivity index (χ1n) is 4.65. The molecule has 0 radical (unpaired) electrons. The van der Waals surface area contributed by atoms with Crippen molar-refractivity contribution in [1.29, 1.82) is 0 Å². The molecule has 0 aromatic carbocycles. The van der Waals surface area contributed by atoms with E-state index in [1.165, 1.54) is 0 Å². The predicted molar refractivity (Wildman–Crippen MR) is 45.9 cm³/mol. The zero-order valence-electron chi connectivity index (χ0n) is 10.2. The molecule has 2 N–H and O–H groups in total. The van der Waals surface area contributed by atoms with Crippen LogP contribution < -0.4 is 20.4 Å². The molecule has 0 aliphatic carbocycles. The monoisotopic (exact) mass is 368 g/mol. The van der Waals surface area contributed by atoms with Gasteiger partial charge in [-0.15, -0.1) is 0 Å². The summed E-state index contributed by atoms with van der Waals surface area (Å²) < 4.78 is 0. The molecule has 0 spiro atoms. The van der Waals surface area contributed by atoms with Gasteiger partial charge in [0.2, 0.25) is 0 Å². The molecular formula is C9H10O10Zr-2. The second-order valence-corrected chi connectivity index (χ2v) is 3.41. The number of aliphatic carboxylic acids is 4. The maximum atomic E-state index is 10.1. The molecule has 112 valence electrons. The second-order valence-electron chi connectivity index (χ2n) is 3.41. The van der Waals surface area contributed by atoms with Gasteiger partial charge >= 0.3 is 26.2 Å². The van der Waals surface area contributed by atoms with Crippen LogP contribution in [0.25, 0.3) is 0 Å². The number of hydrogen-bond donors (Lipinski definition) is 2. The third-order valence-corrected chi connectivity index (χ3v) is 1.59. The Morgan fingerprint density at radius 3 is 1.35 bits per heavy atom. The zero-order chi connectivity index (χ0) is 15.8. The van der Waals surface area contributed by atoms with E-state index in [0.29, 0.717) is 0 Å². The molecule has 0 rings (SSSR count). The second kappa shape index (κ2) is 10.5. The Hall–Kier alpha value is -1.32. The van der Waals surface area contributed by atoms with Gasteiger partial charge in [-0.2, -0.15) is 0 Å². The van der Waals surface area contributed by atoms with Crippen molar-refractivity contribution in [3.05, 3.63) is 0 Å². The van der Waals surface area contributed by atoms with Crippen LogP contribution in [-0.4, -0.2) is 45.8 Å². The molecule has 0 saturated carbocycles. The van der Waals surface area contributed by atoms with E-state index >= 15 is 0 Å². The number of rotatable bonds is 6. The van der Waals surface area contributed by atoms with Crippen molar-refractivity contribution in [2.75, 3.05) is 0 Å². The summed E-state index contributed by atoms with van der Waals surface area (Å²) in [7, 11) is 0. The minimum Gasteiger partial charge on any atom is -0.550 e. The third-order valence-electron chi connectivity index (χ3n) is 1.59. The minimum atomic E-state index is -2.97. The number of hydrogen-bond acceptors (Lipinski definition) is 10. The van der Waals surface area contributed by atoms with Gasteiger partial charge in [0.05, 0.1) is 18.0 Å². The first kappa shape index (κ1) is 23.8. The van der Waals surface area contributed by atoms with E-state index in [0.717, 1.165) is 6.92 Å². The Balaban J connectivity index is -0.000000352. The van der Waals surface area contributed by atoms with Gasteiger partial charge in [0.25, 0.3) is 0 Å². The molecule has 11 heteroatoms. The maximum Gasteiger partial charge on any atom is 2.00 e.